The number of hydrogen-bond donors (Lipinski definition) is 0. The molecule has 0 N–H and O–H groups in total. The van der Waals surface area contributed by atoms with Gasteiger partial charge in [-0.1, -0.05) is 35.4 Å². The Bertz CT molecular complexity index is 778. The molecule has 0 spiro atoms. The van der Waals surface area contributed by atoms with Crippen molar-refractivity contribution in [3.8, 4) is 5.75 Å². The number of fused-ring (bicyclic) bond motifs is 1. The third-order valence-corrected chi connectivity index (χ3v) is 3.54. The molecule has 1 heterocycles. The van der Waals surface area contributed by atoms with Crippen LogP contribution < -0.4 is 4.74 Å². The highest BCUT2D eigenvalue weighted by Gasteiger charge is 2.42. The summed E-state index contributed by atoms with van der Waals surface area (Å²) in [6.07, 6.45) is 0. The summed E-state index contributed by atoms with van der Waals surface area (Å²) in [7, 11) is 0. The second-order valence-corrected chi connectivity index (χ2v) is 5.75. The first-order valence-electron chi connectivity index (χ1n) is 7.34. The van der Waals surface area contributed by atoms with Gasteiger partial charge in [0.15, 0.2) is 0 Å². The van der Waals surface area contributed by atoms with E-state index in [1.165, 1.54) is 26.0 Å². The van der Waals surface area contributed by atoms with Gasteiger partial charge in [0.05, 0.1) is 11.1 Å². The summed E-state index contributed by atoms with van der Waals surface area (Å²) >= 11 is 0. The Morgan fingerprint density at radius 3 is 1.92 bits per heavy atom. The minimum atomic E-state index is -1.38. The average molecular weight is 325 g/mol. The Hall–Kier alpha value is -3.15. The van der Waals surface area contributed by atoms with Crippen LogP contribution in [0.1, 0.15) is 34.6 Å². The molecule has 122 valence electrons. The van der Waals surface area contributed by atoms with E-state index in [1.807, 2.05) is 6.07 Å². The number of imide groups is 1. The van der Waals surface area contributed by atoms with Gasteiger partial charge in [-0.2, -0.15) is 0 Å². The Morgan fingerprint density at radius 1 is 0.875 bits per heavy atom. The molecule has 0 atom stereocenters. The van der Waals surface area contributed by atoms with E-state index in [4.69, 9.17) is 9.57 Å². The molecule has 1 aliphatic rings. The maximum Gasteiger partial charge on any atom is 0.375 e. The molecule has 1 aliphatic heterocycles. The van der Waals surface area contributed by atoms with Crippen LogP contribution in [0.15, 0.2) is 54.6 Å². The number of hydroxylamine groups is 2. The van der Waals surface area contributed by atoms with Crippen LogP contribution in [-0.2, 0) is 9.63 Å². The topological polar surface area (TPSA) is 72.9 Å². The predicted octanol–water partition coefficient (Wildman–Crippen LogP) is 2.60. The van der Waals surface area contributed by atoms with E-state index in [-0.39, 0.29) is 11.1 Å². The molecule has 24 heavy (non-hydrogen) atoms. The Labute approximate surface area is 138 Å². The third kappa shape index (κ3) is 2.74. The van der Waals surface area contributed by atoms with Crippen molar-refractivity contribution in [2.24, 2.45) is 0 Å². The number of ether oxygens (including phenoxy) is 1. The molecule has 2 aromatic rings. The van der Waals surface area contributed by atoms with Crippen molar-refractivity contribution in [1.82, 2.24) is 5.06 Å². The van der Waals surface area contributed by atoms with Crippen molar-refractivity contribution in [3.63, 3.8) is 0 Å². The molecule has 0 aromatic heterocycles. The van der Waals surface area contributed by atoms with Gasteiger partial charge in [0.2, 0.25) is 5.60 Å². The summed E-state index contributed by atoms with van der Waals surface area (Å²) in [5.41, 5.74) is -0.967. The summed E-state index contributed by atoms with van der Waals surface area (Å²) in [5.74, 6) is -1.71. The van der Waals surface area contributed by atoms with Crippen LogP contribution in [0.25, 0.3) is 0 Å². The van der Waals surface area contributed by atoms with E-state index in [2.05, 4.69) is 0 Å². The van der Waals surface area contributed by atoms with Crippen molar-refractivity contribution < 1.29 is 24.0 Å². The number of hydrogen-bond acceptors (Lipinski definition) is 5. The van der Waals surface area contributed by atoms with Gasteiger partial charge in [0.1, 0.15) is 5.75 Å². The molecule has 0 radical (unpaired) electrons. The number of amides is 2. The normalized spacial score (nSPS) is 13.7. The molecule has 0 fully saturated rings. The summed E-state index contributed by atoms with van der Waals surface area (Å²) in [6.45, 7) is 3.00. The number of rotatable bonds is 4. The SMILES string of the molecule is CC(C)(Oc1ccccc1)C(=O)ON1C(=O)c2ccccc2C1=O. The molecule has 0 bridgehead atoms. The molecule has 2 aromatic carbocycles. The highest BCUT2D eigenvalue weighted by atomic mass is 16.7. The summed E-state index contributed by atoms with van der Waals surface area (Å²) < 4.78 is 5.60. The quantitative estimate of drug-likeness (QED) is 0.808. The van der Waals surface area contributed by atoms with E-state index >= 15 is 0 Å². The Morgan fingerprint density at radius 2 is 1.38 bits per heavy atom. The van der Waals surface area contributed by atoms with E-state index in [9.17, 15) is 14.4 Å². The van der Waals surface area contributed by atoms with Crippen molar-refractivity contribution in [3.05, 3.63) is 65.7 Å². The van der Waals surface area contributed by atoms with Gasteiger partial charge >= 0.3 is 5.97 Å². The molecular formula is C18H15NO5. The average Bonchev–Trinajstić information content (AvgIpc) is 2.81. The summed E-state index contributed by atoms with van der Waals surface area (Å²) in [6, 6.07) is 15.0. The second kappa shape index (κ2) is 5.81. The van der Waals surface area contributed by atoms with Crippen LogP contribution in [-0.4, -0.2) is 28.4 Å². The Balaban J connectivity index is 1.75. The summed E-state index contributed by atoms with van der Waals surface area (Å²) in [4.78, 5) is 41.8. The maximum atomic E-state index is 12.4. The number of nitrogens with zero attached hydrogens (tertiary/aromatic N) is 1. The largest absolute Gasteiger partial charge is 0.476 e. The first-order valence-corrected chi connectivity index (χ1v) is 7.34. The molecule has 2 amide bonds. The molecule has 0 aliphatic carbocycles. The van der Waals surface area contributed by atoms with Gasteiger partial charge in [0, 0.05) is 0 Å². The van der Waals surface area contributed by atoms with E-state index in [0.717, 1.165) is 0 Å². The lowest BCUT2D eigenvalue weighted by molar-refractivity contribution is -0.184. The van der Waals surface area contributed by atoms with E-state index in [1.54, 1.807) is 36.4 Å². The number of para-hydroxylation sites is 1. The lowest BCUT2D eigenvalue weighted by Gasteiger charge is -2.25. The lowest BCUT2D eigenvalue weighted by atomic mass is 10.1. The first-order chi connectivity index (χ1) is 11.4. The molecule has 0 saturated carbocycles. The molecule has 6 nitrogen and oxygen atoms in total. The number of carbonyl (C=O) groups excluding carboxylic acids is 3. The molecular weight excluding hydrogens is 310 g/mol. The van der Waals surface area contributed by atoms with Crippen LogP contribution in [0.4, 0.5) is 0 Å². The van der Waals surface area contributed by atoms with Crippen LogP contribution in [0.3, 0.4) is 0 Å². The fraction of sp³-hybridized carbons (Fsp3) is 0.167. The zero-order valence-corrected chi connectivity index (χ0v) is 13.2. The second-order valence-electron chi connectivity index (χ2n) is 5.75. The monoisotopic (exact) mass is 325 g/mol. The summed E-state index contributed by atoms with van der Waals surface area (Å²) in [5, 5.41) is 0.475. The first kappa shape index (κ1) is 15.7. The van der Waals surface area contributed by atoms with Gasteiger partial charge in [-0.3, -0.25) is 9.59 Å². The highest BCUT2D eigenvalue weighted by molar-refractivity contribution is 6.20. The molecule has 6 heteroatoms. The van der Waals surface area contributed by atoms with Crippen molar-refractivity contribution >= 4 is 17.8 Å². The molecule has 3 rings (SSSR count). The molecule has 0 unspecified atom stereocenters. The fourth-order valence-electron chi connectivity index (χ4n) is 2.27. The number of benzene rings is 2. The van der Waals surface area contributed by atoms with E-state index < -0.39 is 23.4 Å². The fourth-order valence-corrected chi connectivity index (χ4v) is 2.27. The minimum Gasteiger partial charge on any atom is -0.476 e. The standard InChI is InChI=1S/C18H15NO5/c1-18(2,23-12-8-4-3-5-9-12)17(22)24-19-15(20)13-10-6-7-11-14(13)16(19)21/h3-11H,1-2H3. The zero-order chi connectivity index (χ0) is 17.3. The van der Waals surface area contributed by atoms with Crippen molar-refractivity contribution in [2.45, 2.75) is 19.4 Å². The van der Waals surface area contributed by atoms with Crippen LogP contribution in [0.2, 0.25) is 0 Å². The van der Waals surface area contributed by atoms with Gasteiger partial charge in [-0.05, 0) is 38.1 Å². The van der Waals surface area contributed by atoms with Crippen LogP contribution >= 0.6 is 0 Å². The highest BCUT2D eigenvalue weighted by Crippen LogP contribution is 2.25. The number of carbonyl (C=O) groups is 3. The van der Waals surface area contributed by atoms with Crippen molar-refractivity contribution in [1.29, 1.82) is 0 Å². The van der Waals surface area contributed by atoms with E-state index in [0.29, 0.717) is 10.8 Å². The van der Waals surface area contributed by atoms with Crippen LogP contribution in [0.5, 0.6) is 5.75 Å². The maximum absolute atomic E-state index is 12.4. The van der Waals surface area contributed by atoms with Crippen molar-refractivity contribution in [2.75, 3.05) is 0 Å². The zero-order valence-electron chi connectivity index (χ0n) is 13.2. The van der Waals surface area contributed by atoms with Gasteiger partial charge in [0.25, 0.3) is 11.8 Å². The lowest BCUT2D eigenvalue weighted by Crippen LogP contribution is -2.45. The van der Waals surface area contributed by atoms with Gasteiger partial charge in [-0.15, -0.1) is 0 Å². The third-order valence-electron chi connectivity index (χ3n) is 3.54. The minimum absolute atomic E-state index is 0.206. The Kier molecular flexibility index (Phi) is 3.81. The smallest absolute Gasteiger partial charge is 0.375 e. The predicted molar refractivity (Wildman–Crippen MR) is 84.2 cm³/mol. The van der Waals surface area contributed by atoms with Gasteiger partial charge < -0.3 is 9.57 Å². The van der Waals surface area contributed by atoms with Gasteiger partial charge in [-0.25, -0.2) is 4.79 Å². The van der Waals surface area contributed by atoms with Crippen LogP contribution in [0, 0.1) is 0 Å². The molecule has 0 saturated heterocycles.